The molecule has 2 aromatic rings. The molecule has 2 heterocycles. The molecule has 136 valence electrons. The van der Waals surface area contributed by atoms with Gasteiger partial charge in [-0.3, -0.25) is 4.90 Å². The van der Waals surface area contributed by atoms with Crippen LogP contribution in [0.15, 0.2) is 28.7 Å². The molecule has 0 amide bonds. The Labute approximate surface area is 157 Å². The maximum Gasteiger partial charge on any atom is 0.288 e. The topological polar surface area (TPSA) is 68.3 Å². The molecular weight excluding hydrogens is 382 g/mol. The minimum absolute atomic E-state index is 0.00234. The Morgan fingerprint density at radius 3 is 2.72 bits per heavy atom. The van der Waals surface area contributed by atoms with Gasteiger partial charge in [-0.1, -0.05) is 18.5 Å². The molecule has 1 aromatic carbocycles. The van der Waals surface area contributed by atoms with Crippen LogP contribution in [0, 0.1) is 4.84 Å². The fourth-order valence-corrected chi connectivity index (χ4v) is 5.06. The van der Waals surface area contributed by atoms with Gasteiger partial charge >= 0.3 is 0 Å². The lowest BCUT2D eigenvalue weighted by Crippen LogP contribution is -2.38. The van der Waals surface area contributed by atoms with E-state index < -0.39 is 9.84 Å². The standard InChI is InChI=1S/C16H20ClN3O3S2/c1-2-8-19(14-7-9-25(21,22)10-14)11-20-16(24)23-15(18-20)12-3-5-13(17)6-4-12/h3-6,14H,2,7-11H2,1H3/t14-/m1/s1. The second kappa shape index (κ2) is 7.57. The molecule has 25 heavy (non-hydrogen) atoms. The van der Waals surface area contributed by atoms with Gasteiger partial charge in [0.2, 0.25) is 5.89 Å². The van der Waals surface area contributed by atoms with E-state index in [-0.39, 0.29) is 22.4 Å². The first-order valence-corrected chi connectivity index (χ1v) is 10.8. The van der Waals surface area contributed by atoms with Crippen LogP contribution >= 0.6 is 23.8 Å². The Morgan fingerprint density at radius 2 is 2.12 bits per heavy atom. The summed E-state index contributed by atoms with van der Waals surface area (Å²) in [4.78, 5) is 2.39. The quantitative estimate of drug-likeness (QED) is 0.691. The Bertz CT molecular complexity index is 890. The third kappa shape index (κ3) is 4.49. The number of rotatable bonds is 6. The maximum atomic E-state index is 11.8. The van der Waals surface area contributed by atoms with Crippen molar-refractivity contribution < 1.29 is 12.8 Å². The SMILES string of the molecule is CCCN(Cn1nc(-c2ccc(Cl)cc2)oc1=S)[C@@H]1CCS(=O)(=O)C1. The normalized spacial score (nSPS) is 19.6. The van der Waals surface area contributed by atoms with Crippen molar-refractivity contribution in [2.24, 2.45) is 0 Å². The Balaban J connectivity index is 1.81. The first-order valence-electron chi connectivity index (χ1n) is 8.16. The van der Waals surface area contributed by atoms with E-state index >= 15 is 0 Å². The average molecular weight is 402 g/mol. The highest BCUT2D eigenvalue weighted by Gasteiger charge is 2.32. The fraction of sp³-hybridized carbons (Fsp3) is 0.500. The minimum atomic E-state index is -2.94. The molecule has 0 N–H and O–H groups in total. The van der Waals surface area contributed by atoms with E-state index in [0.717, 1.165) is 18.5 Å². The second-order valence-electron chi connectivity index (χ2n) is 6.19. The number of sulfone groups is 1. The smallest absolute Gasteiger partial charge is 0.288 e. The molecule has 1 aliphatic heterocycles. The summed E-state index contributed by atoms with van der Waals surface area (Å²) in [5.74, 6) is 0.873. The number of aromatic nitrogens is 2. The summed E-state index contributed by atoms with van der Waals surface area (Å²) >= 11 is 11.2. The van der Waals surface area contributed by atoms with Gasteiger partial charge in [0, 0.05) is 16.6 Å². The van der Waals surface area contributed by atoms with Crippen LogP contribution < -0.4 is 0 Å². The molecule has 0 radical (unpaired) electrons. The van der Waals surface area contributed by atoms with Crippen LogP contribution in [-0.2, 0) is 16.5 Å². The molecule has 6 nitrogen and oxygen atoms in total. The molecule has 1 aliphatic rings. The van der Waals surface area contributed by atoms with Gasteiger partial charge in [0.05, 0.1) is 18.2 Å². The summed E-state index contributed by atoms with van der Waals surface area (Å²) in [6.45, 7) is 3.27. The van der Waals surface area contributed by atoms with Crippen LogP contribution in [0.4, 0.5) is 0 Å². The molecule has 0 bridgehead atoms. The average Bonchev–Trinajstić information content (AvgIpc) is 3.10. The Kier molecular flexibility index (Phi) is 5.62. The van der Waals surface area contributed by atoms with E-state index in [4.69, 9.17) is 28.2 Å². The van der Waals surface area contributed by atoms with Gasteiger partial charge in [0.15, 0.2) is 9.84 Å². The molecule has 0 unspecified atom stereocenters. The number of hydrogen-bond acceptors (Lipinski definition) is 6. The maximum absolute atomic E-state index is 11.8. The number of benzene rings is 1. The lowest BCUT2D eigenvalue weighted by Gasteiger charge is -2.26. The van der Waals surface area contributed by atoms with Gasteiger partial charge < -0.3 is 4.42 Å². The molecule has 1 aromatic heterocycles. The fourth-order valence-electron chi connectivity index (χ4n) is 3.00. The zero-order chi connectivity index (χ0) is 18.0. The molecule has 1 saturated heterocycles. The van der Waals surface area contributed by atoms with E-state index in [1.165, 1.54) is 0 Å². The van der Waals surface area contributed by atoms with Crippen molar-refractivity contribution in [3.63, 3.8) is 0 Å². The molecule has 0 spiro atoms. The summed E-state index contributed by atoms with van der Waals surface area (Å²) in [5.41, 5.74) is 0.791. The van der Waals surface area contributed by atoms with Crippen LogP contribution in [0.1, 0.15) is 19.8 Å². The molecular formula is C16H20ClN3O3S2. The second-order valence-corrected chi connectivity index (χ2v) is 9.20. The van der Waals surface area contributed by atoms with Gasteiger partial charge in [-0.25, -0.2) is 13.1 Å². The predicted molar refractivity (Wildman–Crippen MR) is 99.8 cm³/mol. The Morgan fingerprint density at radius 1 is 1.40 bits per heavy atom. The minimum Gasteiger partial charge on any atom is -0.409 e. The van der Waals surface area contributed by atoms with Gasteiger partial charge in [0.1, 0.15) is 0 Å². The van der Waals surface area contributed by atoms with Gasteiger partial charge in [0.25, 0.3) is 4.84 Å². The van der Waals surface area contributed by atoms with Crippen LogP contribution in [-0.4, -0.2) is 47.2 Å². The van der Waals surface area contributed by atoms with E-state index in [1.807, 2.05) is 12.1 Å². The zero-order valence-corrected chi connectivity index (χ0v) is 16.3. The monoisotopic (exact) mass is 401 g/mol. The van der Waals surface area contributed by atoms with Gasteiger partial charge in [-0.15, -0.1) is 5.10 Å². The van der Waals surface area contributed by atoms with Crippen LogP contribution in [0.2, 0.25) is 5.02 Å². The van der Waals surface area contributed by atoms with Crippen molar-refractivity contribution in [1.29, 1.82) is 0 Å². The molecule has 0 saturated carbocycles. The highest BCUT2D eigenvalue weighted by atomic mass is 35.5. The molecule has 1 atom stereocenters. The first-order chi connectivity index (χ1) is 11.9. The van der Waals surface area contributed by atoms with E-state index in [0.29, 0.717) is 24.0 Å². The van der Waals surface area contributed by atoms with Crippen molar-refractivity contribution in [3.8, 4) is 11.5 Å². The van der Waals surface area contributed by atoms with Crippen molar-refractivity contribution in [2.75, 3.05) is 18.1 Å². The first kappa shape index (κ1) is 18.6. The Hall–Kier alpha value is -1.22. The van der Waals surface area contributed by atoms with Crippen molar-refractivity contribution in [2.45, 2.75) is 32.5 Å². The van der Waals surface area contributed by atoms with E-state index in [9.17, 15) is 8.42 Å². The third-order valence-electron chi connectivity index (χ3n) is 4.25. The lowest BCUT2D eigenvalue weighted by molar-refractivity contribution is 0.153. The highest BCUT2D eigenvalue weighted by molar-refractivity contribution is 7.91. The predicted octanol–water partition coefficient (Wildman–Crippen LogP) is 3.38. The van der Waals surface area contributed by atoms with Gasteiger partial charge in [-0.05, 0) is 55.9 Å². The van der Waals surface area contributed by atoms with Crippen LogP contribution in [0.5, 0.6) is 0 Å². The lowest BCUT2D eigenvalue weighted by atomic mass is 10.2. The molecule has 0 aliphatic carbocycles. The number of halogens is 1. The summed E-state index contributed by atoms with van der Waals surface area (Å²) in [5, 5.41) is 5.09. The van der Waals surface area contributed by atoms with E-state index in [2.05, 4.69) is 16.9 Å². The highest BCUT2D eigenvalue weighted by Crippen LogP contribution is 2.22. The van der Waals surface area contributed by atoms with Crippen LogP contribution in [0.25, 0.3) is 11.5 Å². The largest absolute Gasteiger partial charge is 0.409 e. The number of hydrogen-bond donors (Lipinski definition) is 0. The summed E-state index contributed by atoms with van der Waals surface area (Å²) in [6, 6.07) is 7.17. The molecule has 9 heteroatoms. The van der Waals surface area contributed by atoms with Crippen molar-refractivity contribution in [3.05, 3.63) is 34.1 Å². The summed E-state index contributed by atoms with van der Waals surface area (Å²) < 4.78 is 30.8. The summed E-state index contributed by atoms with van der Waals surface area (Å²) in [7, 11) is -2.94. The third-order valence-corrected chi connectivity index (χ3v) is 6.55. The van der Waals surface area contributed by atoms with Crippen LogP contribution in [0.3, 0.4) is 0 Å². The van der Waals surface area contributed by atoms with Crippen molar-refractivity contribution in [1.82, 2.24) is 14.7 Å². The van der Waals surface area contributed by atoms with E-state index in [1.54, 1.807) is 16.8 Å². The van der Waals surface area contributed by atoms with Gasteiger partial charge in [-0.2, -0.15) is 0 Å². The van der Waals surface area contributed by atoms with Crippen molar-refractivity contribution >= 4 is 33.7 Å². The zero-order valence-electron chi connectivity index (χ0n) is 13.9. The number of nitrogens with zero attached hydrogens (tertiary/aromatic N) is 3. The summed E-state index contributed by atoms with van der Waals surface area (Å²) in [6.07, 6.45) is 1.57. The molecule has 3 rings (SSSR count). The molecule has 1 fully saturated rings.